The van der Waals surface area contributed by atoms with Gasteiger partial charge in [-0.1, -0.05) is 42.5 Å². The molecule has 1 aliphatic rings. The maximum absolute atomic E-state index is 9.87. The molecule has 0 amide bonds. The molecule has 4 heteroatoms. The Morgan fingerprint density at radius 2 is 1.96 bits per heavy atom. The fourth-order valence-corrected chi connectivity index (χ4v) is 3.76. The van der Waals surface area contributed by atoms with Crippen LogP contribution in [0.2, 0.25) is 0 Å². The van der Waals surface area contributed by atoms with E-state index in [4.69, 9.17) is 0 Å². The quantitative estimate of drug-likeness (QED) is 0.723. The summed E-state index contributed by atoms with van der Waals surface area (Å²) < 4.78 is 0. The standard InChI is InChI=1S/C20H23N3O/c24-23-14-19(17-6-3-10-21-11-9-17)20(22-23)13-15-7-8-16-4-1-2-5-18(16)12-15/h1-2,4-5,7-8,12,14,17,21,24H,3,6,9-11,13H2. The Morgan fingerprint density at radius 3 is 2.88 bits per heavy atom. The van der Waals surface area contributed by atoms with Gasteiger partial charge in [0.25, 0.3) is 0 Å². The summed E-state index contributed by atoms with van der Waals surface area (Å²) in [5, 5.41) is 20.2. The average Bonchev–Trinajstić information content (AvgIpc) is 2.80. The fraction of sp³-hybridized carbons (Fsp3) is 0.350. The van der Waals surface area contributed by atoms with E-state index in [1.54, 1.807) is 6.20 Å². The van der Waals surface area contributed by atoms with Gasteiger partial charge in [-0.2, -0.15) is 0 Å². The first-order valence-corrected chi connectivity index (χ1v) is 8.76. The zero-order valence-corrected chi connectivity index (χ0v) is 13.8. The van der Waals surface area contributed by atoms with Gasteiger partial charge in [0.2, 0.25) is 0 Å². The van der Waals surface area contributed by atoms with Gasteiger partial charge in [0, 0.05) is 12.0 Å². The van der Waals surface area contributed by atoms with Crippen molar-refractivity contribution in [2.45, 2.75) is 31.6 Å². The molecule has 1 atom stereocenters. The van der Waals surface area contributed by atoms with Gasteiger partial charge in [0.15, 0.2) is 0 Å². The molecule has 0 saturated carbocycles. The van der Waals surface area contributed by atoms with E-state index in [2.05, 4.69) is 52.9 Å². The molecule has 4 nitrogen and oxygen atoms in total. The lowest BCUT2D eigenvalue weighted by atomic mass is 9.90. The topological polar surface area (TPSA) is 50.1 Å². The Labute approximate surface area is 142 Å². The second-order valence-corrected chi connectivity index (χ2v) is 6.69. The molecule has 2 aromatic carbocycles. The van der Waals surface area contributed by atoms with Crippen molar-refractivity contribution in [3.8, 4) is 0 Å². The van der Waals surface area contributed by atoms with Gasteiger partial charge >= 0.3 is 0 Å². The van der Waals surface area contributed by atoms with Crippen LogP contribution >= 0.6 is 0 Å². The van der Waals surface area contributed by atoms with Gasteiger partial charge in [0.1, 0.15) is 0 Å². The van der Waals surface area contributed by atoms with Crippen LogP contribution in [0, 0.1) is 0 Å². The van der Waals surface area contributed by atoms with Crippen LogP contribution < -0.4 is 5.32 Å². The lowest BCUT2D eigenvalue weighted by Gasteiger charge is -2.13. The summed E-state index contributed by atoms with van der Waals surface area (Å²) in [5.74, 6) is 0.483. The fourth-order valence-electron chi connectivity index (χ4n) is 3.76. The number of rotatable bonds is 3. The van der Waals surface area contributed by atoms with Gasteiger partial charge in [-0.05, 0) is 54.6 Å². The number of fused-ring (bicyclic) bond motifs is 1. The minimum atomic E-state index is 0.483. The SMILES string of the molecule is On1cc(C2CCCNCC2)c(Cc2ccc3ccccc3c2)n1. The summed E-state index contributed by atoms with van der Waals surface area (Å²) in [4.78, 5) is 0.990. The van der Waals surface area contributed by atoms with Crippen molar-refractivity contribution in [2.24, 2.45) is 0 Å². The largest absolute Gasteiger partial charge is 0.412 e. The van der Waals surface area contributed by atoms with Crippen molar-refractivity contribution >= 4 is 10.8 Å². The van der Waals surface area contributed by atoms with E-state index in [9.17, 15) is 5.21 Å². The van der Waals surface area contributed by atoms with Crippen LogP contribution in [-0.2, 0) is 6.42 Å². The average molecular weight is 321 g/mol. The zero-order valence-electron chi connectivity index (χ0n) is 13.8. The van der Waals surface area contributed by atoms with Crippen molar-refractivity contribution in [1.29, 1.82) is 0 Å². The van der Waals surface area contributed by atoms with Crippen molar-refractivity contribution in [1.82, 2.24) is 15.3 Å². The molecule has 24 heavy (non-hydrogen) atoms. The highest BCUT2D eigenvalue weighted by Gasteiger charge is 2.20. The van der Waals surface area contributed by atoms with Crippen molar-refractivity contribution in [2.75, 3.05) is 13.1 Å². The predicted octanol–water partition coefficient (Wildman–Crippen LogP) is 3.72. The smallest absolute Gasteiger partial charge is 0.0738 e. The van der Waals surface area contributed by atoms with Crippen molar-refractivity contribution in [3.63, 3.8) is 0 Å². The van der Waals surface area contributed by atoms with Gasteiger partial charge in [0.05, 0.1) is 11.9 Å². The van der Waals surface area contributed by atoms with Gasteiger partial charge in [-0.15, -0.1) is 9.94 Å². The highest BCUT2D eigenvalue weighted by atomic mass is 16.5. The van der Waals surface area contributed by atoms with E-state index in [1.165, 1.54) is 28.3 Å². The molecule has 2 heterocycles. The van der Waals surface area contributed by atoms with Crippen LogP contribution in [0.5, 0.6) is 0 Å². The summed E-state index contributed by atoms with van der Waals surface area (Å²) in [6, 6.07) is 15.0. The molecule has 0 radical (unpaired) electrons. The number of benzene rings is 2. The number of hydrogen-bond donors (Lipinski definition) is 2. The molecular formula is C20H23N3O. The van der Waals surface area contributed by atoms with Crippen LogP contribution in [0.3, 0.4) is 0 Å². The van der Waals surface area contributed by atoms with E-state index in [0.717, 1.165) is 42.9 Å². The highest BCUT2D eigenvalue weighted by Crippen LogP contribution is 2.30. The Kier molecular flexibility index (Phi) is 4.22. The van der Waals surface area contributed by atoms with Gasteiger partial charge < -0.3 is 10.5 Å². The summed E-state index contributed by atoms with van der Waals surface area (Å²) in [7, 11) is 0. The van der Waals surface area contributed by atoms with E-state index < -0.39 is 0 Å². The lowest BCUT2D eigenvalue weighted by Crippen LogP contribution is -2.14. The van der Waals surface area contributed by atoms with Gasteiger partial charge in [-0.3, -0.25) is 0 Å². The van der Waals surface area contributed by atoms with Crippen LogP contribution in [-0.4, -0.2) is 28.2 Å². The third-order valence-corrected chi connectivity index (χ3v) is 5.01. The van der Waals surface area contributed by atoms with E-state index in [1.807, 2.05) is 0 Å². The number of nitrogens with zero attached hydrogens (tertiary/aromatic N) is 2. The summed E-state index contributed by atoms with van der Waals surface area (Å²) in [5.41, 5.74) is 3.44. The van der Waals surface area contributed by atoms with Crippen LogP contribution in [0.15, 0.2) is 48.7 Å². The van der Waals surface area contributed by atoms with Crippen LogP contribution in [0.25, 0.3) is 10.8 Å². The Hall–Kier alpha value is -2.33. The number of aromatic nitrogens is 2. The second kappa shape index (κ2) is 6.65. The van der Waals surface area contributed by atoms with E-state index in [-0.39, 0.29) is 0 Å². The number of nitrogens with one attached hydrogen (secondary N) is 1. The lowest BCUT2D eigenvalue weighted by molar-refractivity contribution is 0.147. The van der Waals surface area contributed by atoms with E-state index >= 15 is 0 Å². The molecule has 1 aromatic heterocycles. The zero-order chi connectivity index (χ0) is 16.4. The molecule has 1 unspecified atom stereocenters. The minimum Gasteiger partial charge on any atom is -0.412 e. The third-order valence-electron chi connectivity index (χ3n) is 5.01. The first kappa shape index (κ1) is 15.2. The van der Waals surface area contributed by atoms with Crippen molar-refractivity contribution in [3.05, 3.63) is 65.5 Å². The van der Waals surface area contributed by atoms with Gasteiger partial charge in [-0.25, -0.2) is 0 Å². The predicted molar refractivity (Wildman–Crippen MR) is 95.6 cm³/mol. The molecule has 1 fully saturated rings. The molecular weight excluding hydrogens is 298 g/mol. The molecule has 2 N–H and O–H groups in total. The first-order chi connectivity index (χ1) is 11.8. The maximum atomic E-state index is 9.87. The molecule has 0 bridgehead atoms. The highest BCUT2D eigenvalue weighted by molar-refractivity contribution is 5.83. The Bertz CT molecular complexity index is 832. The summed E-state index contributed by atoms with van der Waals surface area (Å²) in [6.07, 6.45) is 6.00. The molecule has 1 saturated heterocycles. The first-order valence-electron chi connectivity index (χ1n) is 8.76. The molecule has 3 aromatic rings. The molecule has 0 aliphatic carbocycles. The summed E-state index contributed by atoms with van der Waals surface area (Å²) >= 11 is 0. The summed E-state index contributed by atoms with van der Waals surface area (Å²) in [6.45, 7) is 2.13. The number of hydrogen-bond acceptors (Lipinski definition) is 3. The van der Waals surface area contributed by atoms with Crippen LogP contribution in [0.4, 0.5) is 0 Å². The normalized spacial score (nSPS) is 18.6. The maximum Gasteiger partial charge on any atom is 0.0738 e. The van der Waals surface area contributed by atoms with Crippen molar-refractivity contribution < 1.29 is 5.21 Å². The van der Waals surface area contributed by atoms with Crippen LogP contribution in [0.1, 0.15) is 42.0 Å². The minimum absolute atomic E-state index is 0.483. The molecule has 1 aliphatic heterocycles. The van der Waals surface area contributed by atoms with E-state index in [0.29, 0.717) is 5.92 Å². The molecule has 4 rings (SSSR count). The Morgan fingerprint density at radius 1 is 1.08 bits per heavy atom. The second-order valence-electron chi connectivity index (χ2n) is 6.69. The Balaban J connectivity index is 1.63. The molecule has 124 valence electrons. The third kappa shape index (κ3) is 3.15. The molecule has 0 spiro atoms. The monoisotopic (exact) mass is 321 g/mol.